The molecule has 1 saturated carbocycles. The number of nitriles is 1. The van der Waals surface area contributed by atoms with Gasteiger partial charge in [0.25, 0.3) is 0 Å². The van der Waals surface area contributed by atoms with Gasteiger partial charge in [0.15, 0.2) is 5.82 Å². The molecule has 3 aliphatic rings. The molecule has 6 nitrogen and oxygen atoms in total. The molecule has 5 rings (SSSR count). The molecule has 0 radical (unpaired) electrons. The molecular formula is C23H29N5O. The lowest BCUT2D eigenvalue weighted by molar-refractivity contribution is 0.143. The summed E-state index contributed by atoms with van der Waals surface area (Å²) in [6, 6.07) is 10.2. The van der Waals surface area contributed by atoms with Crippen LogP contribution in [0.25, 0.3) is 11.4 Å². The summed E-state index contributed by atoms with van der Waals surface area (Å²) >= 11 is 0. The molecule has 1 aliphatic carbocycles. The van der Waals surface area contributed by atoms with Gasteiger partial charge < -0.3 is 9.64 Å². The fourth-order valence-corrected chi connectivity index (χ4v) is 5.47. The number of anilines is 1. The van der Waals surface area contributed by atoms with E-state index >= 15 is 0 Å². The Morgan fingerprint density at radius 3 is 2.62 bits per heavy atom. The lowest BCUT2D eigenvalue weighted by Gasteiger charge is -2.44. The monoisotopic (exact) mass is 391 g/mol. The molecule has 152 valence electrons. The van der Waals surface area contributed by atoms with Crippen molar-refractivity contribution in [2.75, 3.05) is 31.2 Å². The molecule has 29 heavy (non-hydrogen) atoms. The molecule has 0 N–H and O–H groups in total. The Morgan fingerprint density at radius 2 is 1.90 bits per heavy atom. The van der Waals surface area contributed by atoms with Crippen molar-refractivity contribution < 1.29 is 4.74 Å². The van der Waals surface area contributed by atoms with Crippen LogP contribution >= 0.6 is 0 Å². The summed E-state index contributed by atoms with van der Waals surface area (Å²) in [4.78, 5) is 2.43. The van der Waals surface area contributed by atoms with Crippen molar-refractivity contribution in [3.05, 3.63) is 29.8 Å². The van der Waals surface area contributed by atoms with E-state index in [1.807, 2.05) is 24.3 Å². The highest BCUT2D eigenvalue weighted by atomic mass is 16.5. The van der Waals surface area contributed by atoms with E-state index in [1.54, 1.807) is 0 Å². The first-order valence-corrected chi connectivity index (χ1v) is 11.1. The van der Waals surface area contributed by atoms with Crippen LogP contribution in [0.2, 0.25) is 0 Å². The zero-order valence-corrected chi connectivity index (χ0v) is 17.0. The van der Waals surface area contributed by atoms with E-state index in [0.717, 1.165) is 43.5 Å². The predicted molar refractivity (Wildman–Crippen MR) is 112 cm³/mol. The highest BCUT2D eigenvalue weighted by Crippen LogP contribution is 2.45. The minimum atomic E-state index is 0.256. The van der Waals surface area contributed by atoms with Gasteiger partial charge in [0, 0.05) is 25.3 Å². The van der Waals surface area contributed by atoms with Crippen LogP contribution in [-0.2, 0) is 4.74 Å². The zero-order chi connectivity index (χ0) is 19.7. The third-order valence-electron chi connectivity index (χ3n) is 7.22. The van der Waals surface area contributed by atoms with Gasteiger partial charge in [-0.25, -0.2) is 0 Å². The molecule has 2 aliphatic heterocycles. The van der Waals surface area contributed by atoms with Gasteiger partial charge in [-0.1, -0.05) is 31.4 Å². The number of benzene rings is 1. The fourth-order valence-electron chi connectivity index (χ4n) is 5.47. The van der Waals surface area contributed by atoms with Crippen LogP contribution in [0.3, 0.4) is 0 Å². The summed E-state index contributed by atoms with van der Waals surface area (Å²) in [5, 5.41) is 18.5. The van der Waals surface area contributed by atoms with Crippen LogP contribution < -0.4 is 4.90 Å². The molecular weight excluding hydrogens is 362 g/mol. The van der Waals surface area contributed by atoms with E-state index in [4.69, 9.17) is 4.74 Å². The van der Waals surface area contributed by atoms with Gasteiger partial charge in [-0.3, -0.25) is 4.57 Å². The molecule has 3 fully saturated rings. The number of rotatable bonds is 3. The van der Waals surface area contributed by atoms with Crippen molar-refractivity contribution in [1.82, 2.24) is 14.8 Å². The number of piperidine rings is 1. The Balaban J connectivity index is 1.46. The maximum Gasteiger partial charge on any atom is 0.227 e. The van der Waals surface area contributed by atoms with E-state index in [1.165, 1.54) is 44.9 Å². The average molecular weight is 392 g/mol. The SMILES string of the molecule is N#Cc1cccc(-c2nnc(N3CCC4(CCCCC4)CC3)n2[C@H]2CCOC2)c1. The quantitative estimate of drug-likeness (QED) is 0.779. The van der Waals surface area contributed by atoms with E-state index < -0.39 is 0 Å². The Labute approximate surface area is 172 Å². The maximum absolute atomic E-state index is 9.30. The second-order valence-electron chi connectivity index (χ2n) is 8.95. The highest BCUT2D eigenvalue weighted by Gasteiger charge is 2.37. The highest BCUT2D eigenvalue weighted by molar-refractivity contribution is 5.60. The Hall–Kier alpha value is -2.39. The summed E-state index contributed by atoms with van der Waals surface area (Å²) in [5.74, 6) is 1.83. The van der Waals surface area contributed by atoms with E-state index in [2.05, 4.69) is 25.7 Å². The van der Waals surface area contributed by atoms with Crippen LogP contribution in [0, 0.1) is 16.7 Å². The standard InChI is InChI=1S/C23H29N5O/c24-16-18-5-4-6-19(15-18)21-25-26-22(28(21)20-7-14-29-17-20)27-12-10-23(11-13-27)8-2-1-3-9-23/h4-6,15,20H,1-3,7-14,17H2/t20-/m0/s1. The van der Waals surface area contributed by atoms with E-state index in [9.17, 15) is 5.26 Å². The molecule has 1 atom stereocenters. The van der Waals surface area contributed by atoms with Gasteiger partial charge in [0.1, 0.15) is 0 Å². The maximum atomic E-state index is 9.30. The molecule has 1 spiro atoms. The topological polar surface area (TPSA) is 67.0 Å². The summed E-state index contributed by atoms with van der Waals surface area (Å²) in [7, 11) is 0. The van der Waals surface area contributed by atoms with Crippen LogP contribution in [-0.4, -0.2) is 41.1 Å². The summed E-state index contributed by atoms with van der Waals surface area (Å²) in [6.45, 7) is 3.60. The first-order chi connectivity index (χ1) is 14.3. The zero-order valence-electron chi connectivity index (χ0n) is 17.0. The minimum Gasteiger partial charge on any atom is -0.379 e. The molecule has 0 amide bonds. The molecule has 0 unspecified atom stereocenters. The molecule has 6 heteroatoms. The van der Waals surface area contributed by atoms with Gasteiger partial charge in [-0.15, -0.1) is 10.2 Å². The van der Waals surface area contributed by atoms with Crippen molar-refractivity contribution in [3.63, 3.8) is 0 Å². The third-order valence-corrected chi connectivity index (χ3v) is 7.22. The average Bonchev–Trinajstić information content (AvgIpc) is 3.45. The van der Waals surface area contributed by atoms with Gasteiger partial charge in [-0.2, -0.15) is 5.26 Å². The predicted octanol–water partition coefficient (Wildman–Crippen LogP) is 4.33. The van der Waals surface area contributed by atoms with Crippen molar-refractivity contribution >= 4 is 5.95 Å². The fraction of sp³-hybridized carbons (Fsp3) is 0.609. The third kappa shape index (κ3) is 3.53. The van der Waals surface area contributed by atoms with Gasteiger partial charge in [0.05, 0.1) is 24.3 Å². The normalized spacial score (nSPS) is 24.0. The first-order valence-electron chi connectivity index (χ1n) is 11.1. The van der Waals surface area contributed by atoms with E-state index in [0.29, 0.717) is 17.6 Å². The van der Waals surface area contributed by atoms with Gasteiger partial charge >= 0.3 is 0 Å². The van der Waals surface area contributed by atoms with E-state index in [-0.39, 0.29) is 6.04 Å². The Bertz CT molecular complexity index is 892. The number of hydrogen-bond donors (Lipinski definition) is 0. The lowest BCUT2D eigenvalue weighted by atomic mass is 9.68. The second-order valence-corrected chi connectivity index (χ2v) is 8.95. The number of ether oxygens (including phenoxy) is 1. The van der Waals surface area contributed by atoms with Crippen molar-refractivity contribution in [1.29, 1.82) is 5.26 Å². The Kier molecular flexibility index (Phi) is 5.01. The molecule has 2 aromatic rings. The Morgan fingerprint density at radius 1 is 1.07 bits per heavy atom. The number of hydrogen-bond acceptors (Lipinski definition) is 5. The second kappa shape index (κ2) is 7.79. The summed E-state index contributed by atoms with van der Waals surface area (Å²) < 4.78 is 7.98. The van der Waals surface area contributed by atoms with Crippen LogP contribution in [0.15, 0.2) is 24.3 Å². The first kappa shape index (κ1) is 18.6. The minimum absolute atomic E-state index is 0.256. The van der Waals surface area contributed by atoms with Crippen LogP contribution in [0.5, 0.6) is 0 Å². The summed E-state index contributed by atoms with van der Waals surface area (Å²) in [5.41, 5.74) is 2.17. The van der Waals surface area contributed by atoms with Gasteiger partial charge in [0.2, 0.25) is 5.95 Å². The smallest absolute Gasteiger partial charge is 0.227 e. The van der Waals surface area contributed by atoms with Crippen molar-refractivity contribution in [2.24, 2.45) is 5.41 Å². The largest absolute Gasteiger partial charge is 0.379 e. The summed E-state index contributed by atoms with van der Waals surface area (Å²) in [6.07, 6.45) is 10.5. The number of nitrogens with zero attached hydrogens (tertiary/aromatic N) is 5. The van der Waals surface area contributed by atoms with Crippen molar-refractivity contribution in [3.8, 4) is 17.5 Å². The molecule has 1 aromatic heterocycles. The van der Waals surface area contributed by atoms with Crippen LogP contribution in [0.4, 0.5) is 5.95 Å². The molecule has 2 saturated heterocycles. The van der Waals surface area contributed by atoms with Crippen molar-refractivity contribution in [2.45, 2.75) is 57.4 Å². The van der Waals surface area contributed by atoms with Crippen LogP contribution in [0.1, 0.15) is 63.0 Å². The van der Waals surface area contributed by atoms with Gasteiger partial charge in [-0.05, 0) is 49.7 Å². The molecule has 0 bridgehead atoms. The number of aromatic nitrogens is 3. The molecule has 3 heterocycles. The molecule has 1 aromatic carbocycles. The lowest BCUT2D eigenvalue weighted by Crippen LogP contribution is -2.42.